The molecule has 1 aromatic rings. The van der Waals surface area contributed by atoms with Gasteiger partial charge in [-0.05, 0) is 56.6 Å². The third kappa shape index (κ3) is 4.21. The van der Waals surface area contributed by atoms with Gasteiger partial charge in [0.15, 0.2) is 0 Å². The Bertz CT molecular complexity index is 433. The van der Waals surface area contributed by atoms with Gasteiger partial charge in [-0.25, -0.2) is 0 Å². The number of hydrogen-bond donors (Lipinski definition) is 3. The van der Waals surface area contributed by atoms with E-state index in [-0.39, 0.29) is 18.6 Å². The van der Waals surface area contributed by atoms with Crippen molar-refractivity contribution in [3.63, 3.8) is 0 Å². The van der Waals surface area contributed by atoms with Gasteiger partial charge in [0.25, 0.3) is 0 Å². The normalized spacial score (nSPS) is 19.1. The average Bonchev–Trinajstić information content (AvgIpc) is 2.89. The van der Waals surface area contributed by atoms with E-state index in [0.717, 1.165) is 38.0 Å². The summed E-state index contributed by atoms with van der Waals surface area (Å²) in [5, 5.41) is 12.1. The molecule has 0 aliphatic carbocycles. The summed E-state index contributed by atoms with van der Waals surface area (Å²) in [4.78, 5) is 14.1. The lowest BCUT2D eigenvalue weighted by Crippen LogP contribution is -2.33. The van der Waals surface area contributed by atoms with Crippen molar-refractivity contribution in [3.05, 3.63) is 24.3 Å². The van der Waals surface area contributed by atoms with E-state index in [9.17, 15) is 9.90 Å². The van der Waals surface area contributed by atoms with Gasteiger partial charge in [0.1, 0.15) is 0 Å². The predicted octanol–water partition coefficient (Wildman–Crippen LogP) is 1.44. The third-order valence-corrected chi connectivity index (χ3v) is 3.75. The topological polar surface area (TPSA) is 78.6 Å². The number of likely N-dealkylation sites (tertiary alicyclic amines) is 1. The molecule has 1 atom stereocenters. The molecule has 0 saturated carbocycles. The minimum absolute atomic E-state index is 0.0227. The van der Waals surface area contributed by atoms with E-state index in [0.29, 0.717) is 12.1 Å². The van der Waals surface area contributed by atoms with Crippen molar-refractivity contribution in [1.29, 1.82) is 0 Å². The number of nitrogen functional groups attached to an aromatic ring is 1. The highest BCUT2D eigenvalue weighted by molar-refractivity contribution is 5.90. The van der Waals surface area contributed by atoms with E-state index in [2.05, 4.69) is 10.2 Å². The molecule has 20 heavy (non-hydrogen) atoms. The van der Waals surface area contributed by atoms with Crippen LogP contribution in [0.15, 0.2) is 24.3 Å². The molecule has 0 radical (unpaired) electrons. The van der Waals surface area contributed by atoms with Crippen molar-refractivity contribution in [2.75, 3.05) is 30.7 Å². The van der Waals surface area contributed by atoms with E-state index in [1.807, 2.05) is 0 Å². The molecule has 1 heterocycles. The molecule has 1 aliphatic heterocycles. The molecule has 5 nitrogen and oxygen atoms in total. The number of carbonyl (C=O) groups is 1. The highest BCUT2D eigenvalue weighted by atomic mass is 16.3. The van der Waals surface area contributed by atoms with Gasteiger partial charge >= 0.3 is 0 Å². The zero-order chi connectivity index (χ0) is 14.4. The monoisotopic (exact) mass is 277 g/mol. The second-order valence-electron chi connectivity index (χ2n) is 5.29. The minimum Gasteiger partial charge on any atom is -0.399 e. The summed E-state index contributed by atoms with van der Waals surface area (Å²) >= 11 is 0. The number of aliphatic hydroxyl groups excluding tert-OH is 1. The van der Waals surface area contributed by atoms with E-state index in [4.69, 9.17) is 5.73 Å². The van der Waals surface area contributed by atoms with Crippen molar-refractivity contribution >= 4 is 17.3 Å². The summed E-state index contributed by atoms with van der Waals surface area (Å²) in [5.41, 5.74) is 7.06. The van der Waals surface area contributed by atoms with Gasteiger partial charge < -0.3 is 16.2 Å². The van der Waals surface area contributed by atoms with Crippen LogP contribution in [0.4, 0.5) is 11.4 Å². The summed E-state index contributed by atoms with van der Waals surface area (Å²) in [6, 6.07) is 7.43. The molecular weight excluding hydrogens is 254 g/mol. The molecule has 5 heteroatoms. The predicted molar refractivity (Wildman–Crippen MR) is 80.4 cm³/mol. The zero-order valence-corrected chi connectivity index (χ0v) is 11.7. The van der Waals surface area contributed by atoms with Crippen molar-refractivity contribution in [2.45, 2.75) is 31.7 Å². The van der Waals surface area contributed by atoms with Crippen LogP contribution >= 0.6 is 0 Å². The molecule has 110 valence electrons. The Balaban J connectivity index is 1.69. The van der Waals surface area contributed by atoms with E-state index in [1.54, 1.807) is 24.3 Å². The Labute approximate surface area is 119 Å². The molecule has 1 unspecified atom stereocenters. The summed E-state index contributed by atoms with van der Waals surface area (Å²) in [6.07, 6.45) is 3.52. The van der Waals surface area contributed by atoms with Crippen molar-refractivity contribution in [2.24, 2.45) is 0 Å². The number of nitrogens with one attached hydrogen (secondary N) is 1. The number of benzene rings is 1. The first-order valence-electron chi connectivity index (χ1n) is 7.19. The molecule has 1 aromatic carbocycles. The number of nitrogens with two attached hydrogens (primary N) is 1. The van der Waals surface area contributed by atoms with Gasteiger partial charge in [-0.15, -0.1) is 0 Å². The average molecular weight is 277 g/mol. The molecule has 1 saturated heterocycles. The first-order chi connectivity index (χ1) is 9.69. The molecule has 2 rings (SSSR count). The molecule has 0 spiro atoms. The Morgan fingerprint density at radius 2 is 2.15 bits per heavy atom. The first-order valence-corrected chi connectivity index (χ1v) is 7.19. The molecule has 0 aromatic heterocycles. The fraction of sp³-hybridized carbons (Fsp3) is 0.533. The van der Waals surface area contributed by atoms with Crippen molar-refractivity contribution in [3.8, 4) is 0 Å². The molecule has 0 bridgehead atoms. The van der Waals surface area contributed by atoms with Crippen LogP contribution in [-0.2, 0) is 4.79 Å². The number of amides is 1. The number of anilines is 2. The van der Waals surface area contributed by atoms with Crippen LogP contribution in [0, 0.1) is 0 Å². The van der Waals surface area contributed by atoms with Crippen LogP contribution < -0.4 is 11.1 Å². The number of carbonyl (C=O) groups excluding carboxylic acids is 1. The number of hydrogen-bond acceptors (Lipinski definition) is 4. The van der Waals surface area contributed by atoms with Gasteiger partial charge in [0.05, 0.1) is 6.61 Å². The summed E-state index contributed by atoms with van der Waals surface area (Å²) in [7, 11) is 0. The maximum atomic E-state index is 11.8. The molecular formula is C15H23N3O2. The molecule has 1 amide bonds. The smallest absolute Gasteiger partial charge is 0.224 e. The maximum Gasteiger partial charge on any atom is 0.224 e. The van der Waals surface area contributed by atoms with Crippen LogP contribution in [-0.4, -0.2) is 41.7 Å². The SMILES string of the molecule is Nc1ccc(NC(=O)CCCN2CCCC2CO)cc1. The standard InChI is InChI=1S/C15H23N3O2/c16-12-5-7-13(8-6-12)17-15(20)4-2-10-18-9-1-3-14(18)11-19/h5-8,14,19H,1-4,9-11,16H2,(H,17,20). The quantitative estimate of drug-likeness (QED) is 0.688. The lowest BCUT2D eigenvalue weighted by atomic mass is 10.2. The number of nitrogens with zero attached hydrogens (tertiary/aromatic N) is 1. The van der Waals surface area contributed by atoms with Crippen LogP contribution in [0.1, 0.15) is 25.7 Å². The fourth-order valence-corrected chi connectivity index (χ4v) is 2.63. The van der Waals surface area contributed by atoms with Gasteiger partial charge in [0, 0.05) is 23.8 Å². The van der Waals surface area contributed by atoms with E-state index >= 15 is 0 Å². The Kier molecular flexibility index (Phi) is 5.38. The first kappa shape index (κ1) is 14.8. The van der Waals surface area contributed by atoms with Crippen LogP contribution in [0.5, 0.6) is 0 Å². The van der Waals surface area contributed by atoms with Crippen LogP contribution in [0.25, 0.3) is 0 Å². The van der Waals surface area contributed by atoms with E-state index < -0.39 is 0 Å². The second-order valence-corrected chi connectivity index (χ2v) is 5.29. The Morgan fingerprint density at radius 1 is 1.40 bits per heavy atom. The van der Waals surface area contributed by atoms with E-state index in [1.165, 1.54) is 0 Å². The Hall–Kier alpha value is -1.59. The van der Waals surface area contributed by atoms with Gasteiger partial charge in [-0.1, -0.05) is 0 Å². The summed E-state index contributed by atoms with van der Waals surface area (Å²) < 4.78 is 0. The lowest BCUT2D eigenvalue weighted by molar-refractivity contribution is -0.116. The minimum atomic E-state index is 0.0227. The molecule has 1 aliphatic rings. The largest absolute Gasteiger partial charge is 0.399 e. The van der Waals surface area contributed by atoms with Gasteiger partial charge in [0.2, 0.25) is 5.91 Å². The van der Waals surface area contributed by atoms with Crippen LogP contribution in [0.2, 0.25) is 0 Å². The highest BCUT2D eigenvalue weighted by Crippen LogP contribution is 2.17. The number of aliphatic hydroxyl groups is 1. The lowest BCUT2D eigenvalue weighted by Gasteiger charge is -2.22. The fourth-order valence-electron chi connectivity index (χ4n) is 2.63. The highest BCUT2D eigenvalue weighted by Gasteiger charge is 2.22. The Morgan fingerprint density at radius 3 is 2.85 bits per heavy atom. The van der Waals surface area contributed by atoms with Crippen LogP contribution in [0.3, 0.4) is 0 Å². The van der Waals surface area contributed by atoms with Gasteiger partial charge in [-0.2, -0.15) is 0 Å². The van der Waals surface area contributed by atoms with Crippen molar-refractivity contribution in [1.82, 2.24) is 4.90 Å². The number of rotatable bonds is 6. The van der Waals surface area contributed by atoms with Gasteiger partial charge in [-0.3, -0.25) is 9.69 Å². The van der Waals surface area contributed by atoms with Crippen molar-refractivity contribution < 1.29 is 9.90 Å². The molecule has 4 N–H and O–H groups in total. The summed E-state index contributed by atoms with van der Waals surface area (Å²) in [5.74, 6) is 0.0227. The zero-order valence-electron chi connectivity index (χ0n) is 11.7. The third-order valence-electron chi connectivity index (χ3n) is 3.75. The summed E-state index contributed by atoms with van der Waals surface area (Å²) in [6.45, 7) is 2.13. The molecule has 1 fully saturated rings. The second kappa shape index (κ2) is 7.26. The maximum absolute atomic E-state index is 11.8.